The SMILES string of the molecule is C[C@H](NC(=O)N1C[C@@H](C(F)(F)F)[C@H](C(=O)O)C1)C1CCCC1. The zero-order valence-corrected chi connectivity index (χ0v) is 12.4. The van der Waals surface area contributed by atoms with Crippen molar-refractivity contribution in [1.29, 1.82) is 0 Å². The van der Waals surface area contributed by atoms with Gasteiger partial charge in [-0.25, -0.2) is 4.79 Å². The van der Waals surface area contributed by atoms with E-state index in [1.54, 1.807) is 0 Å². The summed E-state index contributed by atoms with van der Waals surface area (Å²) in [6, 6.07) is -0.708. The van der Waals surface area contributed by atoms with Gasteiger partial charge in [0.1, 0.15) is 0 Å². The summed E-state index contributed by atoms with van der Waals surface area (Å²) < 4.78 is 38.7. The Bertz CT molecular complexity index is 436. The maximum Gasteiger partial charge on any atom is 0.394 e. The highest BCUT2D eigenvalue weighted by atomic mass is 19.4. The van der Waals surface area contributed by atoms with Gasteiger partial charge in [0.25, 0.3) is 0 Å². The summed E-state index contributed by atoms with van der Waals surface area (Å²) in [6.07, 6.45) is -0.401. The molecule has 0 aromatic rings. The average Bonchev–Trinajstić information content (AvgIpc) is 3.07. The third-order valence-electron chi connectivity index (χ3n) is 4.80. The van der Waals surface area contributed by atoms with Gasteiger partial charge in [0, 0.05) is 19.1 Å². The van der Waals surface area contributed by atoms with E-state index < -0.39 is 43.1 Å². The molecule has 22 heavy (non-hydrogen) atoms. The molecule has 2 rings (SSSR count). The Morgan fingerprint density at radius 3 is 2.27 bits per heavy atom. The van der Waals surface area contributed by atoms with Crippen molar-refractivity contribution in [3.05, 3.63) is 0 Å². The molecule has 0 aromatic heterocycles. The smallest absolute Gasteiger partial charge is 0.394 e. The number of nitrogens with one attached hydrogen (secondary N) is 1. The number of alkyl halides is 3. The zero-order chi connectivity index (χ0) is 16.5. The third kappa shape index (κ3) is 3.64. The fourth-order valence-corrected chi connectivity index (χ4v) is 3.41. The Labute approximate surface area is 126 Å². The maximum absolute atomic E-state index is 12.9. The Morgan fingerprint density at radius 1 is 1.23 bits per heavy atom. The van der Waals surface area contributed by atoms with E-state index in [2.05, 4.69) is 5.32 Å². The molecule has 3 atom stereocenters. The van der Waals surface area contributed by atoms with Crippen LogP contribution in [0.25, 0.3) is 0 Å². The van der Waals surface area contributed by atoms with E-state index >= 15 is 0 Å². The van der Waals surface area contributed by atoms with Crippen molar-refractivity contribution in [2.75, 3.05) is 13.1 Å². The van der Waals surface area contributed by atoms with Crippen molar-refractivity contribution in [2.45, 2.75) is 44.8 Å². The zero-order valence-electron chi connectivity index (χ0n) is 12.4. The number of halogens is 3. The number of nitrogens with zero attached hydrogens (tertiary/aromatic N) is 1. The second-order valence-corrected chi connectivity index (χ2v) is 6.28. The van der Waals surface area contributed by atoms with Gasteiger partial charge in [-0.05, 0) is 25.7 Å². The molecule has 0 bridgehead atoms. The minimum atomic E-state index is -4.62. The molecular weight excluding hydrogens is 301 g/mol. The summed E-state index contributed by atoms with van der Waals surface area (Å²) in [5, 5.41) is 11.7. The number of rotatable bonds is 3. The fraction of sp³-hybridized carbons (Fsp3) is 0.857. The van der Waals surface area contributed by atoms with E-state index in [1.165, 1.54) is 0 Å². The van der Waals surface area contributed by atoms with Gasteiger partial charge in [-0.3, -0.25) is 4.79 Å². The highest BCUT2D eigenvalue weighted by molar-refractivity contribution is 5.78. The summed E-state index contributed by atoms with van der Waals surface area (Å²) in [5.41, 5.74) is 0. The normalized spacial score (nSPS) is 27.9. The highest BCUT2D eigenvalue weighted by Gasteiger charge is 2.53. The fourth-order valence-electron chi connectivity index (χ4n) is 3.41. The van der Waals surface area contributed by atoms with Gasteiger partial charge in [0.05, 0.1) is 11.8 Å². The Kier molecular flexibility index (Phi) is 4.87. The van der Waals surface area contributed by atoms with E-state index in [1.807, 2.05) is 6.92 Å². The number of urea groups is 1. The molecule has 0 unspecified atom stereocenters. The van der Waals surface area contributed by atoms with Crippen molar-refractivity contribution >= 4 is 12.0 Å². The number of hydrogen-bond donors (Lipinski definition) is 2. The molecule has 8 heteroatoms. The number of carboxylic acids is 1. The number of hydrogen-bond acceptors (Lipinski definition) is 2. The molecule has 2 amide bonds. The average molecular weight is 322 g/mol. The number of carbonyl (C=O) groups is 2. The van der Waals surface area contributed by atoms with E-state index in [-0.39, 0.29) is 6.04 Å². The first-order valence-corrected chi connectivity index (χ1v) is 7.55. The van der Waals surface area contributed by atoms with E-state index in [4.69, 9.17) is 5.11 Å². The Balaban J connectivity index is 1.97. The summed E-state index contributed by atoms with van der Waals surface area (Å²) >= 11 is 0. The lowest BCUT2D eigenvalue weighted by Gasteiger charge is -2.24. The van der Waals surface area contributed by atoms with Gasteiger partial charge in [0.2, 0.25) is 0 Å². The van der Waals surface area contributed by atoms with E-state index in [0.717, 1.165) is 30.6 Å². The van der Waals surface area contributed by atoms with Crippen LogP contribution in [0, 0.1) is 17.8 Å². The minimum absolute atomic E-state index is 0.108. The van der Waals surface area contributed by atoms with Gasteiger partial charge in [0.15, 0.2) is 0 Å². The number of likely N-dealkylation sites (tertiary alicyclic amines) is 1. The van der Waals surface area contributed by atoms with Gasteiger partial charge in [-0.2, -0.15) is 13.2 Å². The number of amides is 2. The third-order valence-corrected chi connectivity index (χ3v) is 4.80. The second-order valence-electron chi connectivity index (χ2n) is 6.28. The predicted molar refractivity (Wildman–Crippen MR) is 72.2 cm³/mol. The lowest BCUT2D eigenvalue weighted by Crippen LogP contribution is -2.45. The van der Waals surface area contributed by atoms with Crippen LogP contribution >= 0.6 is 0 Å². The van der Waals surface area contributed by atoms with Crippen molar-refractivity contribution in [1.82, 2.24) is 10.2 Å². The van der Waals surface area contributed by atoms with Gasteiger partial charge in [-0.1, -0.05) is 12.8 Å². The molecule has 1 saturated heterocycles. The number of carboxylic acid groups (broad SMARTS) is 1. The summed E-state index contributed by atoms with van der Waals surface area (Å²) in [4.78, 5) is 24.1. The Hall–Kier alpha value is -1.47. The van der Waals surface area contributed by atoms with Crippen LogP contribution in [0.5, 0.6) is 0 Å². The monoisotopic (exact) mass is 322 g/mol. The molecule has 0 spiro atoms. The van der Waals surface area contributed by atoms with Crippen LogP contribution < -0.4 is 5.32 Å². The molecule has 5 nitrogen and oxygen atoms in total. The second kappa shape index (κ2) is 6.34. The largest absolute Gasteiger partial charge is 0.481 e. The molecule has 2 fully saturated rings. The summed E-state index contributed by atoms with van der Waals surface area (Å²) in [7, 11) is 0. The van der Waals surface area contributed by atoms with Gasteiger partial charge < -0.3 is 15.3 Å². The molecule has 1 heterocycles. The molecule has 2 aliphatic rings. The van der Waals surface area contributed by atoms with Crippen LogP contribution in [0.3, 0.4) is 0 Å². The molecule has 1 aliphatic heterocycles. The topological polar surface area (TPSA) is 69.6 Å². The first-order valence-electron chi connectivity index (χ1n) is 7.55. The lowest BCUT2D eigenvalue weighted by atomic mass is 9.96. The maximum atomic E-state index is 12.9. The van der Waals surface area contributed by atoms with Crippen molar-refractivity contribution in [3.63, 3.8) is 0 Å². The summed E-state index contributed by atoms with van der Waals surface area (Å²) in [5.74, 6) is -4.76. The molecule has 126 valence electrons. The van der Waals surface area contributed by atoms with E-state index in [0.29, 0.717) is 5.92 Å². The van der Waals surface area contributed by atoms with E-state index in [9.17, 15) is 22.8 Å². The first-order chi connectivity index (χ1) is 10.2. The number of carbonyl (C=O) groups excluding carboxylic acids is 1. The lowest BCUT2D eigenvalue weighted by molar-refractivity contribution is -0.187. The quantitative estimate of drug-likeness (QED) is 0.838. The van der Waals surface area contributed by atoms with Crippen LogP contribution in [0.2, 0.25) is 0 Å². The standard InChI is InChI=1S/C14H21F3N2O3/c1-8(9-4-2-3-5-9)18-13(22)19-6-10(12(20)21)11(7-19)14(15,16)17/h8-11H,2-7H2,1H3,(H,18,22)(H,20,21)/t8-,10+,11+/m0/s1. The Morgan fingerprint density at radius 2 is 1.82 bits per heavy atom. The highest BCUT2D eigenvalue weighted by Crippen LogP contribution is 2.37. The van der Waals surface area contributed by atoms with Crippen molar-refractivity contribution in [2.24, 2.45) is 17.8 Å². The van der Waals surface area contributed by atoms with Crippen molar-refractivity contribution in [3.8, 4) is 0 Å². The van der Waals surface area contributed by atoms with Crippen LogP contribution in [0.4, 0.5) is 18.0 Å². The summed E-state index contributed by atoms with van der Waals surface area (Å²) in [6.45, 7) is 0.853. The minimum Gasteiger partial charge on any atom is -0.481 e. The molecular formula is C14H21F3N2O3. The molecule has 0 radical (unpaired) electrons. The van der Waals surface area contributed by atoms with Crippen molar-refractivity contribution < 1.29 is 27.9 Å². The van der Waals surface area contributed by atoms with Crippen LogP contribution in [-0.2, 0) is 4.79 Å². The molecule has 2 N–H and O–H groups in total. The van der Waals surface area contributed by atoms with Gasteiger partial charge in [-0.15, -0.1) is 0 Å². The molecule has 1 saturated carbocycles. The molecule has 1 aliphatic carbocycles. The molecule has 0 aromatic carbocycles. The van der Waals surface area contributed by atoms with Crippen LogP contribution in [0.1, 0.15) is 32.6 Å². The first kappa shape index (κ1) is 16.9. The van der Waals surface area contributed by atoms with Crippen LogP contribution in [0.15, 0.2) is 0 Å². The number of aliphatic carboxylic acids is 1. The van der Waals surface area contributed by atoms with Gasteiger partial charge >= 0.3 is 18.2 Å². The van der Waals surface area contributed by atoms with Crippen LogP contribution in [-0.4, -0.2) is 47.3 Å². The predicted octanol–water partition coefficient (Wildman–Crippen LogP) is 2.47.